The van der Waals surface area contributed by atoms with Gasteiger partial charge in [0.2, 0.25) is 0 Å². The summed E-state index contributed by atoms with van der Waals surface area (Å²) in [5, 5.41) is 3.54. The molecular formula is C14H22ClNOS. The van der Waals surface area contributed by atoms with Gasteiger partial charge < -0.3 is 10.1 Å². The summed E-state index contributed by atoms with van der Waals surface area (Å²) in [6.07, 6.45) is 6.57. The van der Waals surface area contributed by atoms with Crippen LogP contribution >= 0.6 is 22.9 Å². The van der Waals surface area contributed by atoms with E-state index in [0.29, 0.717) is 5.41 Å². The predicted molar refractivity (Wildman–Crippen MR) is 78.7 cm³/mol. The molecule has 0 aromatic carbocycles. The van der Waals surface area contributed by atoms with E-state index in [9.17, 15) is 0 Å². The quantitative estimate of drug-likeness (QED) is 0.772. The smallest absolute Gasteiger partial charge is 0.0931 e. The summed E-state index contributed by atoms with van der Waals surface area (Å²) in [7, 11) is 1.75. The minimum atomic E-state index is 0.446. The highest BCUT2D eigenvalue weighted by Crippen LogP contribution is 2.41. The zero-order valence-electron chi connectivity index (χ0n) is 11.0. The molecule has 0 amide bonds. The Kier molecular flexibility index (Phi) is 5.49. The second-order valence-electron chi connectivity index (χ2n) is 5.26. The normalized spacial score (nSPS) is 18.3. The average molecular weight is 288 g/mol. The highest BCUT2D eigenvalue weighted by atomic mass is 35.5. The Bertz CT molecular complexity index is 360. The number of rotatable bonds is 7. The molecule has 0 unspecified atom stereocenters. The molecular weight excluding hydrogens is 266 g/mol. The van der Waals surface area contributed by atoms with Gasteiger partial charge in [-0.2, -0.15) is 0 Å². The number of halogens is 1. The van der Waals surface area contributed by atoms with E-state index < -0.39 is 0 Å². The van der Waals surface area contributed by atoms with Gasteiger partial charge in [-0.1, -0.05) is 24.4 Å². The van der Waals surface area contributed by atoms with Crippen molar-refractivity contribution in [2.24, 2.45) is 5.41 Å². The molecule has 1 aliphatic rings. The van der Waals surface area contributed by atoms with Crippen LogP contribution < -0.4 is 5.32 Å². The molecule has 102 valence electrons. The van der Waals surface area contributed by atoms with Gasteiger partial charge in [-0.05, 0) is 36.8 Å². The standard InChI is InChI=1S/C14H22ClNOS/c1-17-9-8-16-11-14(6-2-3-7-14)10-12-4-5-13(15)18-12/h4-5,16H,2-3,6-11H2,1H3. The molecule has 1 aliphatic carbocycles. The molecule has 0 radical (unpaired) electrons. The van der Waals surface area contributed by atoms with Crippen molar-refractivity contribution in [3.05, 3.63) is 21.3 Å². The first-order valence-electron chi connectivity index (χ1n) is 6.68. The van der Waals surface area contributed by atoms with E-state index in [0.717, 1.165) is 24.0 Å². The van der Waals surface area contributed by atoms with Crippen LogP contribution in [0.3, 0.4) is 0 Å². The van der Waals surface area contributed by atoms with Crippen molar-refractivity contribution in [1.82, 2.24) is 5.32 Å². The molecule has 0 aliphatic heterocycles. The fraction of sp³-hybridized carbons (Fsp3) is 0.714. The monoisotopic (exact) mass is 287 g/mol. The van der Waals surface area contributed by atoms with Crippen LogP contribution in [-0.2, 0) is 11.2 Å². The molecule has 2 rings (SSSR count). The lowest BCUT2D eigenvalue weighted by Gasteiger charge is -2.29. The second-order valence-corrected chi connectivity index (χ2v) is 7.06. The van der Waals surface area contributed by atoms with Crippen LogP contribution in [0.25, 0.3) is 0 Å². The van der Waals surface area contributed by atoms with Gasteiger partial charge in [-0.25, -0.2) is 0 Å². The lowest BCUT2D eigenvalue weighted by molar-refractivity contribution is 0.190. The second kappa shape index (κ2) is 6.90. The molecule has 1 fully saturated rings. The van der Waals surface area contributed by atoms with Gasteiger partial charge in [-0.3, -0.25) is 0 Å². The topological polar surface area (TPSA) is 21.3 Å². The van der Waals surface area contributed by atoms with E-state index in [1.165, 1.54) is 37.0 Å². The first-order valence-corrected chi connectivity index (χ1v) is 7.87. The summed E-state index contributed by atoms with van der Waals surface area (Å²) < 4.78 is 5.99. The Morgan fingerprint density at radius 3 is 2.78 bits per heavy atom. The Hall–Kier alpha value is -0.0900. The molecule has 2 nitrogen and oxygen atoms in total. The van der Waals surface area contributed by atoms with Gasteiger partial charge in [0.25, 0.3) is 0 Å². The lowest BCUT2D eigenvalue weighted by atomic mass is 9.82. The Morgan fingerprint density at radius 2 is 2.17 bits per heavy atom. The van der Waals surface area contributed by atoms with Gasteiger partial charge >= 0.3 is 0 Å². The predicted octanol–water partition coefficient (Wildman–Crippen LogP) is 3.74. The third-order valence-corrected chi connectivity index (χ3v) is 5.06. The van der Waals surface area contributed by atoms with Crippen molar-refractivity contribution in [1.29, 1.82) is 0 Å². The maximum absolute atomic E-state index is 6.02. The van der Waals surface area contributed by atoms with Gasteiger partial charge in [-0.15, -0.1) is 11.3 Å². The van der Waals surface area contributed by atoms with Gasteiger partial charge in [0, 0.05) is 25.1 Å². The molecule has 4 heteroatoms. The van der Waals surface area contributed by atoms with Crippen molar-refractivity contribution in [2.45, 2.75) is 32.1 Å². The van der Waals surface area contributed by atoms with E-state index in [2.05, 4.69) is 11.4 Å². The van der Waals surface area contributed by atoms with Crippen molar-refractivity contribution in [2.75, 3.05) is 26.8 Å². The number of ether oxygens (including phenoxy) is 1. The maximum Gasteiger partial charge on any atom is 0.0931 e. The fourth-order valence-corrected chi connectivity index (χ4v) is 4.15. The summed E-state index contributed by atoms with van der Waals surface area (Å²) in [6.45, 7) is 2.84. The Labute approximate surface area is 119 Å². The highest BCUT2D eigenvalue weighted by molar-refractivity contribution is 7.16. The molecule has 0 saturated heterocycles. The molecule has 18 heavy (non-hydrogen) atoms. The number of nitrogens with one attached hydrogen (secondary N) is 1. The van der Waals surface area contributed by atoms with Crippen LogP contribution in [0.2, 0.25) is 4.34 Å². The van der Waals surface area contributed by atoms with Crippen LogP contribution in [0, 0.1) is 5.41 Å². The number of hydrogen-bond acceptors (Lipinski definition) is 3. The van der Waals surface area contributed by atoms with E-state index in [1.54, 1.807) is 18.4 Å². The van der Waals surface area contributed by atoms with Gasteiger partial charge in [0.15, 0.2) is 0 Å². The molecule has 1 N–H and O–H groups in total. The van der Waals surface area contributed by atoms with Crippen LogP contribution in [0.15, 0.2) is 12.1 Å². The fourth-order valence-electron chi connectivity index (χ4n) is 2.89. The maximum atomic E-state index is 6.02. The lowest BCUT2D eigenvalue weighted by Crippen LogP contribution is -2.35. The van der Waals surface area contributed by atoms with Gasteiger partial charge in [0.05, 0.1) is 10.9 Å². The third kappa shape index (κ3) is 3.95. The SMILES string of the molecule is COCCNCC1(Cc2ccc(Cl)s2)CCCC1. The minimum Gasteiger partial charge on any atom is -0.383 e. The summed E-state index contributed by atoms with van der Waals surface area (Å²) in [4.78, 5) is 1.43. The first kappa shape index (κ1) is 14.3. The molecule has 1 aromatic rings. The zero-order valence-corrected chi connectivity index (χ0v) is 12.6. The van der Waals surface area contributed by atoms with E-state index in [4.69, 9.17) is 16.3 Å². The molecule has 0 atom stereocenters. The summed E-state index contributed by atoms with van der Waals surface area (Å²) >= 11 is 7.75. The van der Waals surface area contributed by atoms with Crippen LogP contribution in [0.4, 0.5) is 0 Å². The molecule has 0 spiro atoms. The highest BCUT2D eigenvalue weighted by Gasteiger charge is 2.33. The number of methoxy groups -OCH3 is 1. The molecule has 0 bridgehead atoms. The van der Waals surface area contributed by atoms with Crippen molar-refractivity contribution in [3.8, 4) is 0 Å². The molecule has 1 saturated carbocycles. The summed E-state index contributed by atoms with van der Waals surface area (Å²) in [6, 6.07) is 4.20. The minimum absolute atomic E-state index is 0.446. The summed E-state index contributed by atoms with van der Waals surface area (Å²) in [5.41, 5.74) is 0.446. The van der Waals surface area contributed by atoms with Crippen LogP contribution in [0.1, 0.15) is 30.6 Å². The van der Waals surface area contributed by atoms with Crippen molar-refractivity contribution >= 4 is 22.9 Å². The molecule has 1 aromatic heterocycles. The van der Waals surface area contributed by atoms with E-state index in [1.807, 2.05) is 6.07 Å². The van der Waals surface area contributed by atoms with Crippen molar-refractivity contribution in [3.63, 3.8) is 0 Å². The van der Waals surface area contributed by atoms with Crippen LogP contribution in [-0.4, -0.2) is 26.8 Å². The Balaban J connectivity index is 1.89. The van der Waals surface area contributed by atoms with Gasteiger partial charge in [0.1, 0.15) is 0 Å². The first-order chi connectivity index (χ1) is 8.74. The summed E-state index contributed by atoms with van der Waals surface area (Å²) in [5.74, 6) is 0. The molecule has 1 heterocycles. The largest absolute Gasteiger partial charge is 0.383 e. The number of hydrogen-bond donors (Lipinski definition) is 1. The zero-order chi connectivity index (χ0) is 12.8. The van der Waals surface area contributed by atoms with E-state index in [-0.39, 0.29) is 0 Å². The average Bonchev–Trinajstić information content (AvgIpc) is 2.96. The van der Waals surface area contributed by atoms with Crippen molar-refractivity contribution < 1.29 is 4.74 Å². The Morgan fingerprint density at radius 1 is 1.39 bits per heavy atom. The van der Waals surface area contributed by atoms with E-state index >= 15 is 0 Å². The number of thiophene rings is 1. The van der Waals surface area contributed by atoms with Crippen LogP contribution in [0.5, 0.6) is 0 Å². The third-order valence-electron chi connectivity index (χ3n) is 3.83.